The maximum atomic E-state index is 12.3. The van der Waals surface area contributed by atoms with E-state index < -0.39 is 21.9 Å². The van der Waals surface area contributed by atoms with Crippen LogP contribution in [0.5, 0.6) is 0 Å². The highest BCUT2D eigenvalue weighted by Crippen LogP contribution is 2.23. The molecule has 0 atom stereocenters. The summed E-state index contributed by atoms with van der Waals surface area (Å²) in [5, 5.41) is 31.8. The molecule has 0 heterocycles. The van der Waals surface area contributed by atoms with Gasteiger partial charge in [-0.15, -0.1) is 0 Å². The summed E-state index contributed by atoms with van der Waals surface area (Å²) in [5.74, 6) is 0. The summed E-state index contributed by atoms with van der Waals surface area (Å²) in [6, 6.07) is 15.8. The second-order valence-corrected chi connectivity index (χ2v) is 6.32. The number of carbonyl (C=O) groups is 2. The van der Waals surface area contributed by atoms with Crippen LogP contribution < -0.4 is 21.3 Å². The number of hydrogen-bond donors (Lipinski definition) is 4. The smallest absolute Gasteiger partial charge is 0.307 e. The van der Waals surface area contributed by atoms with E-state index in [9.17, 15) is 29.8 Å². The van der Waals surface area contributed by atoms with Gasteiger partial charge in [-0.3, -0.25) is 20.2 Å². The molecule has 0 spiro atoms. The Balaban J connectivity index is 1.66. The minimum Gasteiger partial charge on any atom is -0.307 e. The zero-order chi connectivity index (χ0) is 23.1. The van der Waals surface area contributed by atoms with E-state index >= 15 is 0 Å². The molecular weight excluding hydrogens is 420 g/mol. The maximum absolute atomic E-state index is 12.3. The molecule has 0 aliphatic carbocycles. The third-order valence-electron chi connectivity index (χ3n) is 4.05. The van der Waals surface area contributed by atoms with Gasteiger partial charge in [-0.1, -0.05) is 24.3 Å². The lowest BCUT2D eigenvalue weighted by molar-refractivity contribution is -0.385. The number of carbonyl (C=O) groups excluding carboxylic acids is 2. The molecule has 0 radical (unpaired) electrons. The molecule has 0 fully saturated rings. The van der Waals surface area contributed by atoms with Crippen LogP contribution in [0, 0.1) is 20.2 Å². The number of anilines is 4. The van der Waals surface area contributed by atoms with Crippen LogP contribution in [0.15, 0.2) is 72.8 Å². The number of non-ortho nitro benzene ring substituents is 2. The van der Waals surface area contributed by atoms with E-state index in [1.54, 1.807) is 12.1 Å². The first-order valence-electron chi connectivity index (χ1n) is 9.06. The van der Waals surface area contributed by atoms with E-state index in [0.29, 0.717) is 0 Å². The Morgan fingerprint density at radius 1 is 0.594 bits per heavy atom. The largest absolute Gasteiger partial charge is 0.323 e. The summed E-state index contributed by atoms with van der Waals surface area (Å²) in [5.41, 5.74) is 0.579. The van der Waals surface area contributed by atoms with Crippen LogP contribution in [0.4, 0.5) is 43.7 Å². The third-order valence-corrected chi connectivity index (χ3v) is 4.05. The van der Waals surface area contributed by atoms with Gasteiger partial charge in [0, 0.05) is 35.6 Å². The highest BCUT2D eigenvalue weighted by molar-refractivity contribution is 6.06. The minimum atomic E-state index is -0.682. The first kappa shape index (κ1) is 21.7. The number of rotatable bonds is 6. The molecule has 0 unspecified atom stereocenters. The number of urea groups is 2. The highest BCUT2D eigenvalue weighted by Gasteiger charge is 2.12. The second-order valence-electron chi connectivity index (χ2n) is 6.32. The van der Waals surface area contributed by atoms with Crippen LogP contribution in [0.3, 0.4) is 0 Å². The first-order valence-corrected chi connectivity index (χ1v) is 9.06. The monoisotopic (exact) mass is 436 g/mol. The average molecular weight is 436 g/mol. The molecule has 3 rings (SSSR count). The van der Waals surface area contributed by atoms with Crippen molar-refractivity contribution in [3.8, 4) is 0 Å². The quantitative estimate of drug-likeness (QED) is 0.320. The van der Waals surface area contributed by atoms with E-state index in [1.807, 2.05) is 0 Å². The van der Waals surface area contributed by atoms with Gasteiger partial charge in [0.2, 0.25) is 0 Å². The van der Waals surface area contributed by atoms with Crippen molar-refractivity contribution < 1.29 is 19.4 Å². The van der Waals surface area contributed by atoms with E-state index in [0.717, 1.165) is 0 Å². The normalized spacial score (nSPS) is 10.0. The van der Waals surface area contributed by atoms with Gasteiger partial charge in [-0.2, -0.15) is 0 Å². The van der Waals surface area contributed by atoms with Gasteiger partial charge in [0.1, 0.15) is 0 Å². The van der Waals surface area contributed by atoms with Gasteiger partial charge in [-0.05, 0) is 24.3 Å². The lowest BCUT2D eigenvalue weighted by Crippen LogP contribution is -2.23. The zero-order valence-electron chi connectivity index (χ0n) is 16.3. The summed E-state index contributed by atoms with van der Waals surface area (Å²) in [7, 11) is 0. The third kappa shape index (κ3) is 5.76. The molecule has 0 aromatic heterocycles. The van der Waals surface area contributed by atoms with Crippen molar-refractivity contribution in [2.75, 3.05) is 21.3 Å². The van der Waals surface area contributed by atoms with E-state index in [-0.39, 0.29) is 34.1 Å². The number of nitrogens with zero attached hydrogens (tertiary/aromatic N) is 2. The number of nitro groups is 2. The molecule has 12 heteroatoms. The summed E-state index contributed by atoms with van der Waals surface area (Å²) in [6.45, 7) is 0. The Morgan fingerprint density at radius 3 is 1.38 bits per heavy atom. The van der Waals surface area contributed by atoms with E-state index in [1.165, 1.54) is 60.7 Å². The molecule has 3 aromatic rings. The topological polar surface area (TPSA) is 169 Å². The average Bonchev–Trinajstić information content (AvgIpc) is 2.75. The lowest BCUT2D eigenvalue weighted by Gasteiger charge is -2.13. The summed E-state index contributed by atoms with van der Waals surface area (Å²) < 4.78 is 0. The van der Waals surface area contributed by atoms with Crippen molar-refractivity contribution in [2.24, 2.45) is 0 Å². The van der Waals surface area contributed by atoms with Crippen LogP contribution in [0.2, 0.25) is 0 Å². The Hall–Kier alpha value is -5.00. The van der Waals surface area contributed by atoms with Gasteiger partial charge in [0.25, 0.3) is 11.4 Å². The van der Waals surface area contributed by atoms with Gasteiger partial charge >= 0.3 is 12.1 Å². The number of hydrogen-bond acceptors (Lipinski definition) is 6. The maximum Gasteiger partial charge on any atom is 0.323 e. The fourth-order valence-corrected chi connectivity index (χ4v) is 2.66. The van der Waals surface area contributed by atoms with Crippen molar-refractivity contribution in [1.29, 1.82) is 0 Å². The molecule has 32 heavy (non-hydrogen) atoms. The molecule has 4 amide bonds. The van der Waals surface area contributed by atoms with Crippen LogP contribution in [0.1, 0.15) is 0 Å². The van der Waals surface area contributed by atoms with Crippen LogP contribution >= 0.6 is 0 Å². The molecule has 162 valence electrons. The Kier molecular flexibility index (Phi) is 6.56. The molecule has 3 aromatic carbocycles. The number of nitrogens with one attached hydrogen (secondary N) is 4. The van der Waals surface area contributed by atoms with Crippen LogP contribution in [-0.4, -0.2) is 21.9 Å². The van der Waals surface area contributed by atoms with Crippen molar-refractivity contribution in [3.63, 3.8) is 0 Å². The fraction of sp³-hybridized carbons (Fsp3) is 0. The van der Waals surface area contributed by atoms with Crippen molar-refractivity contribution in [2.45, 2.75) is 0 Å². The molecule has 12 nitrogen and oxygen atoms in total. The van der Waals surface area contributed by atoms with Gasteiger partial charge in [0.05, 0.1) is 21.2 Å². The molecule has 0 aliphatic heterocycles. The Bertz CT molecular complexity index is 1110. The van der Waals surface area contributed by atoms with E-state index in [2.05, 4.69) is 21.3 Å². The molecule has 0 saturated carbocycles. The molecular formula is C20H16N6O6. The van der Waals surface area contributed by atoms with E-state index in [4.69, 9.17) is 0 Å². The predicted molar refractivity (Wildman–Crippen MR) is 118 cm³/mol. The van der Waals surface area contributed by atoms with Crippen molar-refractivity contribution in [1.82, 2.24) is 0 Å². The first-order chi connectivity index (χ1) is 15.3. The fourth-order valence-electron chi connectivity index (χ4n) is 2.66. The van der Waals surface area contributed by atoms with Crippen LogP contribution in [0.25, 0.3) is 0 Å². The Morgan fingerprint density at radius 2 is 1.00 bits per heavy atom. The number of nitro benzene ring substituents is 2. The summed E-state index contributed by atoms with van der Waals surface area (Å²) in [4.78, 5) is 45.2. The van der Waals surface area contributed by atoms with Gasteiger partial charge < -0.3 is 21.3 Å². The molecule has 0 aliphatic rings. The zero-order valence-corrected chi connectivity index (χ0v) is 16.3. The molecule has 0 bridgehead atoms. The standard InChI is InChI=1S/C20H16N6O6/c27-19(21-13-5-3-7-15(11-13)25(29)30)23-17-9-1-2-10-18(17)24-20(28)22-14-6-4-8-16(12-14)26(31)32/h1-12H,(H2,21,23,27)(H2,22,24,28). The second kappa shape index (κ2) is 9.67. The SMILES string of the molecule is O=C(Nc1cccc([N+](=O)[O-])c1)Nc1ccccc1NC(=O)Nc1cccc([N+](=O)[O-])c1. The Labute approximate surface area is 180 Å². The number of amides is 4. The van der Waals surface area contributed by atoms with Gasteiger partial charge in [-0.25, -0.2) is 9.59 Å². The minimum absolute atomic E-state index is 0.178. The highest BCUT2D eigenvalue weighted by atomic mass is 16.6. The predicted octanol–water partition coefficient (Wildman–Crippen LogP) is 4.79. The number of benzene rings is 3. The summed E-state index contributed by atoms with van der Waals surface area (Å²) >= 11 is 0. The summed E-state index contributed by atoms with van der Waals surface area (Å²) in [6.07, 6.45) is 0. The van der Waals surface area contributed by atoms with Crippen molar-refractivity contribution >= 4 is 46.2 Å². The van der Waals surface area contributed by atoms with Crippen molar-refractivity contribution in [3.05, 3.63) is 93.0 Å². The van der Waals surface area contributed by atoms with Crippen LogP contribution in [-0.2, 0) is 0 Å². The number of para-hydroxylation sites is 2. The molecule has 0 saturated heterocycles. The van der Waals surface area contributed by atoms with Gasteiger partial charge in [0.15, 0.2) is 0 Å². The lowest BCUT2D eigenvalue weighted by atomic mass is 10.2. The molecule has 4 N–H and O–H groups in total.